The van der Waals surface area contributed by atoms with Crippen LogP contribution in [0.5, 0.6) is 0 Å². The minimum atomic E-state index is -0.722. The standard InChI is InChI=1S/C10H16O4/c1-4-10(3)6-7(9(12)14-10)8(11)13-5-2/h7H,4-6H2,1-3H3. The van der Waals surface area contributed by atoms with E-state index in [0.29, 0.717) is 19.4 Å². The van der Waals surface area contributed by atoms with E-state index < -0.39 is 23.5 Å². The lowest BCUT2D eigenvalue weighted by molar-refractivity contribution is -0.158. The van der Waals surface area contributed by atoms with Crippen LogP contribution in [0.3, 0.4) is 0 Å². The third kappa shape index (κ3) is 2.05. The van der Waals surface area contributed by atoms with Gasteiger partial charge in [-0.1, -0.05) is 6.92 Å². The molecular formula is C10H16O4. The summed E-state index contributed by atoms with van der Waals surface area (Å²) >= 11 is 0. The van der Waals surface area contributed by atoms with Gasteiger partial charge in [0.1, 0.15) is 5.60 Å². The highest BCUT2D eigenvalue weighted by Gasteiger charge is 2.46. The van der Waals surface area contributed by atoms with Gasteiger partial charge in [0.05, 0.1) is 6.61 Å². The van der Waals surface area contributed by atoms with Crippen LogP contribution in [0.25, 0.3) is 0 Å². The minimum absolute atomic E-state index is 0.297. The zero-order valence-electron chi connectivity index (χ0n) is 8.83. The quantitative estimate of drug-likeness (QED) is 0.508. The van der Waals surface area contributed by atoms with Gasteiger partial charge < -0.3 is 9.47 Å². The number of esters is 2. The predicted octanol–water partition coefficient (Wildman–Crippen LogP) is 1.28. The Hall–Kier alpha value is -1.06. The van der Waals surface area contributed by atoms with Crippen molar-refractivity contribution >= 4 is 11.9 Å². The monoisotopic (exact) mass is 200 g/mol. The van der Waals surface area contributed by atoms with Crippen molar-refractivity contribution in [3.05, 3.63) is 0 Å². The molecule has 0 aliphatic carbocycles. The van der Waals surface area contributed by atoms with Crippen molar-refractivity contribution < 1.29 is 19.1 Å². The van der Waals surface area contributed by atoms with Crippen LogP contribution in [-0.4, -0.2) is 24.1 Å². The van der Waals surface area contributed by atoms with Gasteiger partial charge in [-0.05, 0) is 20.3 Å². The van der Waals surface area contributed by atoms with Crippen LogP contribution in [0.2, 0.25) is 0 Å². The predicted molar refractivity (Wildman–Crippen MR) is 49.5 cm³/mol. The fourth-order valence-corrected chi connectivity index (χ4v) is 1.51. The average molecular weight is 200 g/mol. The third-order valence-electron chi connectivity index (χ3n) is 2.59. The lowest BCUT2D eigenvalue weighted by Crippen LogP contribution is -2.23. The number of carbonyl (C=O) groups excluding carboxylic acids is 2. The zero-order chi connectivity index (χ0) is 10.8. The van der Waals surface area contributed by atoms with Gasteiger partial charge >= 0.3 is 11.9 Å². The van der Waals surface area contributed by atoms with Gasteiger partial charge in [0.15, 0.2) is 5.92 Å². The van der Waals surface area contributed by atoms with Crippen molar-refractivity contribution in [3.8, 4) is 0 Å². The molecule has 4 nitrogen and oxygen atoms in total. The van der Waals surface area contributed by atoms with Gasteiger partial charge in [-0.25, -0.2) is 0 Å². The molecule has 4 heteroatoms. The molecule has 2 atom stereocenters. The maximum absolute atomic E-state index is 11.3. The molecule has 0 spiro atoms. The number of ether oxygens (including phenoxy) is 2. The fourth-order valence-electron chi connectivity index (χ4n) is 1.51. The zero-order valence-corrected chi connectivity index (χ0v) is 8.83. The van der Waals surface area contributed by atoms with E-state index in [0.717, 1.165) is 0 Å². The van der Waals surface area contributed by atoms with Crippen molar-refractivity contribution in [1.82, 2.24) is 0 Å². The van der Waals surface area contributed by atoms with Gasteiger partial charge in [0.25, 0.3) is 0 Å². The summed E-state index contributed by atoms with van der Waals surface area (Å²) in [5.74, 6) is -1.64. The highest BCUT2D eigenvalue weighted by molar-refractivity contribution is 5.96. The molecule has 0 bridgehead atoms. The van der Waals surface area contributed by atoms with Crippen molar-refractivity contribution in [2.75, 3.05) is 6.61 Å². The molecule has 0 aromatic heterocycles. The number of cyclic esters (lactones) is 1. The average Bonchev–Trinajstić information content (AvgIpc) is 2.43. The first kappa shape index (κ1) is 11.0. The van der Waals surface area contributed by atoms with E-state index in [1.165, 1.54) is 0 Å². The van der Waals surface area contributed by atoms with E-state index in [1.807, 2.05) is 13.8 Å². The summed E-state index contributed by atoms with van der Waals surface area (Å²) in [6.45, 7) is 5.79. The highest BCUT2D eigenvalue weighted by atomic mass is 16.6. The molecule has 1 fully saturated rings. The van der Waals surface area contributed by atoms with Crippen LogP contribution in [0, 0.1) is 5.92 Å². The van der Waals surface area contributed by atoms with Crippen molar-refractivity contribution in [2.24, 2.45) is 5.92 Å². The normalized spacial score (nSPS) is 31.4. The Balaban J connectivity index is 2.65. The molecule has 80 valence electrons. The second kappa shape index (κ2) is 3.98. The molecule has 0 saturated carbocycles. The summed E-state index contributed by atoms with van der Waals surface area (Å²) in [5.41, 5.74) is -0.492. The molecule has 1 rings (SSSR count). The van der Waals surface area contributed by atoms with Gasteiger partial charge in [0, 0.05) is 6.42 Å². The van der Waals surface area contributed by atoms with Crippen molar-refractivity contribution in [3.63, 3.8) is 0 Å². The van der Waals surface area contributed by atoms with Gasteiger partial charge in [-0.2, -0.15) is 0 Å². The molecule has 0 N–H and O–H groups in total. The fraction of sp³-hybridized carbons (Fsp3) is 0.800. The molecule has 0 amide bonds. The minimum Gasteiger partial charge on any atom is -0.465 e. The summed E-state index contributed by atoms with van der Waals surface area (Å²) in [7, 11) is 0. The second-order valence-corrected chi connectivity index (χ2v) is 3.73. The van der Waals surface area contributed by atoms with Crippen LogP contribution in [0.15, 0.2) is 0 Å². The van der Waals surface area contributed by atoms with Crippen LogP contribution >= 0.6 is 0 Å². The maximum atomic E-state index is 11.3. The van der Waals surface area contributed by atoms with Crippen LogP contribution in [0.4, 0.5) is 0 Å². The Morgan fingerprint density at radius 3 is 2.71 bits per heavy atom. The van der Waals surface area contributed by atoms with E-state index in [9.17, 15) is 9.59 Å². The van der Waals surface area contributed by atoms with Gasteiger partial charge in [-0.15, -0.1) is 0 Å². The summed E-state index contributed by atoms with van der Waals surface area (Å²) < 4.78 is 9.93. The molecule has 1 aliphatic rings. The molecule has 2 unspecified atom stereocenters. The lowest BCUT2D eigenvalue weighted by Gasteiger charge is -2.19. The molecule has 1 aliphatic heterocycles. The van der Waals surface area contributed by atoms with Crippen molar-refractivity contribution in [1.29, 1.82) is 0 Å². The number of rotatable bonds is 3. The Kier molecular flexibility index (Phi) is 3.13. The van der Waals surface area contributed by atoms with Crippen LogP contribution in [-0.2, 0) is 19.1 Å². The van der Waals surface area contributed by atoms with E-state index in [-0.39, 0.29) is 0 Å². The smallest absolute Gasteiger partial charge is 0.321 e. The summed E-state index contributed by atoms with van der Waals surface area (Å²) in [6, 6.07) is 0. The molecule has 0 aromatic rings. The third-order valence-corrected chi connectivity index (χ3v) is 2.59. The number of carbonyl (C=O) groups is 2. The molecule has 0 radical (unpaired) electrons. The molecule has 1 saturated heterocycles. The molecule has 1 heterocycles. The summed E-state index contributed by atoms with van der Waals surface area (Å²) in [4.78, 5) is 22.7. The molecule has 0 aromatic carbocycles. The molecule has 14 heavy (non-hydrogen) atoms. The SMILES string of the molecule is CCOC(=O)C1CC(C)(CC)OC1=O. The summed E-state index contributed by atoms with van der Waals surface area (Å²) in [6.07, 6.45) is 1.15. The maximum Gasteiger partial charge on any atom is 0.321 e. The van der Waals surface area contributed by atoms with E-state index >= 15 is 0 Å². The summed E-state index contributed by atoms with van der Waals surface area (Å²) in [5, 5.41) is 0. The Bertz CT molecular complexity index is 241. The van der Waals surface area contributed by atoms with E-state index in [1.54, 1.807) is 6.92 Å². The van der Waals surface area contributed by atoms with Gasteiger partial charge in [-0.3, -0.25) is 9.59 Å². The van der Waals surface area contributed by atoms with E-state index in [4.69, 9.17) is 9.47 Å². The van der Waals surface area contributed by atoms with E-state index in [2.05, 4.69) is 0 Å². The lowest BCUT2D eigenvalue weighted by atomic mass is 9.94. The number of hydrogen-bond donors (Lipinski definition) is 0. The largest absolute Gasteiger partial charge is 0.465 e. The Morgan fingerprint density at radius 2 is 2.29 bits per heavy atom. The first-order chi connectivity index (χ1) is 6.52. The molecular weight excluding hydrogens is 184 g/mol. The Labute approximate surface area is 83.6 Å². The van der Waals surface area contributed by atoms with Crippen molar-refractivity contribution in [2.45, 2.75) is 39.2 Å². The first-order valence-corrected chi connectivity index (χ1v) is 4.92. The first-order valence-electron chi connectivity index (χ1n) is 4.92. The Morgan fingerprint density at radius 1 is 1.64 bits per heavy atom. The van der Waals surface area contributed by atoms with Crippen LogP contribution < -0.4 is 0 Å². The second-order valence-electron chi connectivity index (χ2n) is 3.73. The number of hydrogen-bond acceptors (Lipinski definition) is 4. The van der Waals surface area contributed by atoms with Crippen LogP contribution in [0.1, 0.15) is 33.6 Å². The van der Waals surface area contributed by atoms with Gasteiger partial charge in [0.2, 0.25) is 0 Å². The topological polar surface area (TPSA) is 52.6 Å². The highest BCUT2D eigenvalue weighted by Crippen LogP contribution is 2.33.